The van der Waals surface area contributed by atoms with Crippen LogP contribution in [-0.2, 0) is 16.1 Å². The number of Topliss-reactive ketones (excluding diaryl/α,β-unsaturated/α-hetero) is 1. The number of benzene rings is 2. The number of hydrogen-bond donors (Lipinski definition) is 0. The molecule has 0 unspecified atom stereocenters. The number of aryl methyl sites for hydroxylation is 1. The minimum absolute atomic E-state index is 0.0471. The fraction of sp³-hybridized carbons (Fsp3) is 0.391. The summed E-state index contributed by atoms with van der Waals surface area (Å²) in [6, 6.07) is 13.3. The molecule has 0 saturated heterocycles. The van der Waals surface area contributed by atoms with Crippen LogP contribution >= 0.6 is 0 Å². The van der Waals surface area contributed by atoms with E-state index >= 15 is 0 Å². The predicted molar refractivity (Wildman–Crippen MR) is 106 cm³/mol. The second-order valence-electron chi connectivity index (χ2n) is 6.86. The molecule has 27 heavy (non-hydrogen) atoms. The summed E-state index contributed by atoms with van der Waals surface area (Å²) in [7, 11) is 0. The van der Waals surface area contributed by atoms with E-state index in [2.05, 4.69) is 13.8 Å². The van der Waals surface area contributed by atoms with Gasteiger partial charge in [0.15, 0.2) is 5.78 Å². The SMILES string of the molecule is CCOc1cc(C)c(C(=O)CCC(=O)OCc2ccccc2)cc1C(C)C. The Morgan fingerprint density at radius 3 is 2.37 bits per heavy atom. The number of carbonyl (C=O) groups is 2. The molecule has 0 saturated carbocycles. The van der Waals surface area contributed by atoms with Gasteiger partial charge in [-0.3, -0.25) is 9.59 Å². The fourth-order valence-electron chi connectivity index (χ4n) is 2.89. The maximum atomic E-state index is 12.6. The molecule has 0 aliphatic heterocycles. The predicted octanol–water partition coefficient (Wildman–Crippen LogP) is 5.22. The van der Waals surface area contributed by atoms with Crippen LogP contribution in [0.1, 0.15) is 66.6 Å². The summed E-state index contributed by atoms with van der Waals surface area (Å²) >= 11 is 0. The van der Waals surface area contributed by atoms with Gasteiger partial charge in [0.05, 0.1) is 13.0 Å². The van der Waals surface area contributed by atoms with E-state index in [1.807, 2.05) is 56.3 Å². The molecular weight excluding hydrogens is 340 g/mol. The molecule has 4 heteroatoms. The smallest absolute Gasteiger partial charge is 0.306 e. The lowest BCUT2D eigenvalue weighted by Gasteiger charge is -2.16. The van der Waals surface area contributed by atoms with Crippen molar-refractivity contribution in [3.63, 3.8) is 0 Å². The van der Waals surface area contributed by atoms with Gasteiger partial charge >= 0.3 is 5.97 Å². The Kier molecular flexibility index (Phi) is 7.59. The summed E-state index contributed by atoms with van der Waals surface area (Å²) in [5.41, 5.74) is 3.46. The van der Waals surface area contributed by atoms with Crippen molar-refractivity contribution in [1.82, 2.24) is 0 Å². The third-order valence-electron chi connectivity index (χ3n) is 4.38. The molecule has 0 aliphatic carbocycles. The van der Waals surface area contributed by atoms with Gasteiger partial charge in [0.25, 0.3) is 0 Å². The van der Waals surface area contributed by atoms with E-state index < -0.39 is 0 Å². The Morgan fingerprint density at radius 2 is 1.74 bits per heavy atom. The first-order valence-corrected chi connectivity index (χ1v) is 9.42. The van der Waals surface area contributed by atoms with Crippen LogP contribution in [0.2, 0.25) is 0 Å². The summed E-state index contributed by atoms with van der Waals surface area (Å²) in [4.78, 5) is 24.6. The van der Waals surface area contributed by atoms with Crippen LogP contribution in [0.4, 0.5) is 0 Å². The molecule has 144 valence electrons. The van der Waals surface area contributed by atoms with Crippen molar-refractivity contribution in [3.8, 4) is 5.75 Å². The molecule has 0 amide bonds. The highest BCUT2D eigenvalue weighted by Crippen LogP contribution is 2.30. The van der Waals surface area contributed by atoms with E-state index in [1.165, 1.54) is 0 Å². The molecule has 0 radical (unpaired) electrons. The zero-order valence-electron chi connectivity index (χ0n) is 16.6. The zero-order valence-corrected chi connectivity index (χ0v) is 16.6. The fourth-order valence-corrected chi connectivity index (χ4v) is 2.89. The van der Waals surface area contributed by atoms with Gasteiger partial charge in [0.2, 0.25) is 0 Å². The van der Waals surface area contributed by atoms with Gasteiger partial charge in [0, 0.05) is 12.0 Å². The van der Waals surface area contributed by atoms with Gasteiger partial charge in [-0.1, -0.05) is 44.2 Å². The van der Waals surface area contributed by atoms with Crippen molar-refractivity contribution in [1.29, 1.82) is 0 Å². The molecule has 2 rings (SSSR count). The molecule has 0 aromatic heterocycles. The van der Waals surface area contributed by atoms with Crippen LogP contribution in [0.25, 0.3) is 0 Å². The molecule has 0 bridgehead atoms. The highest BCUT2D eigenvalue weighted by molar-refractivity contribution is 5.99. The number of ketones is 1. The van der Waals surface area contributed by atoms with Crippen molar-refractivity contribution < 1.29 is 19.1 Å². The largest absolute Gasteiger partial charge is 0.494 e. The highest BCUT2D eigenvalue weighted by Gasteiger charge is 2.17. The van der Waals surface area contributed by atoms with Crippen LogP contribution in [0, 0.1) is 6.92 Å². The van der Waals surface area contributed by atoms with Gasteiger partial charge in [-0.2, -0.15) is 0 Å². The number of hydrogen-bond acceptors (Lipinski definition) is 4. The zero-order chi connectivity index (χ0) is 19.8. The molecule has 0 fully saturated rings. The maximum Gasteiger partial charge on any atom is 0.306 e. The molecule has 0 spiro atoms. The van der Waals surface area contributed by atoms with E-state index in [4.69, 9.17) is 9.47 Å². The Labute approximate surface area is 161 Å². The van der Waals surface area contributed by atoms with E-state index in [0.717, 1.165) is 22.4 Å². The Hall–Kier alpha value is -2.62. The van der Waals surface area contributed by atoms with E-state index in [0.29, 0.717) is 12.2 Å². The van der Waals surface area contributed by atoms with E-state index in [1.54, 1.807) is 0 Å². The van der Waals surface area contributed by atoms with Gasteiger partial charge in [-0.15, -0.1) is 0 Å². The van der Waals surface area contributed by atoms with Crippen LogP contribution in [-0.4, -0.2) is 18.4 Å². The third-order valence-corrected chi connectivity index (χ3v) is 4.38. The van der Waals surface area contributed by atoms with Crippen molar-refractivity contribution >= 4 is 11.8 Å². The Bertz CT molecular complexity index is 778. The summed E-state index contributed by atoms with van der Waals surface area (Å²) in [5.74, 6) is 0.660. The van der Waals surface area contributed by atoms with Gasteiger partial charge in [-0.05, 0) is 48.6 Å². The summed E-state index contributed by atoms with van der Waals surface area (Å²) in [5, 5.41) is 0. The van der Waals surface area contributed by atoms with Crippen molar-refractivity contribution in [2.24, 2.45) is 0 Å². The standard InChI is InChI=1S/C23H28O4/c1-5-26-22-13-17(4)20(14-19(22)16(2)3)21(24)11-12-23(25)27-15-18-9-7-6-8-10-18/h6-10,13-14,16H,5,11-12,15H2,1-4H3. The second kappa shape index (κ2) is 9.91. The molecule has 2 aromatic carbocycles. The lowest BCUT2D eigenvalue weighted by Crippen LogP contribution is -2.10. The van der Waals surface area contributed by atoms with Crippen LogP contribution < -0.4 is 4.74 Å². The quantitative estimate of drug-likeness (QED) is 0.449. The van der Waals surface area contributed by atoms with E-state index in [9.17, 15) is 9.59 Å². The second-order valence-corrected chi connectivity index (χ2v) is 6.86. The lowest BCUT2D eigenvalue weighted by molar-refractivity contribution is -0.144. The molecule has 4 nitrogen and oxygen atoms in total. The normalized spacial score (nSPS) is 10.7. The van der Waals surface area contributed by atoms with Crippen molar-refractivity contribution in [2.75, 3.05) is 6.61 Å². The first-order chi connectivity index (χ1) is 12.9. The number of ether oxygens (including phenoxy) is 2. The van der Waals surface area contributed by atoms with Crippen molar-refractivity contribution in [2.45, 2.75) is 53.1 Å². The van der Waals surface area contributed by atoms with Gasteiger partial charge < -0.3 is 9.47 Å². The van der Waals surface area contributed by atoms with Crippen LogP contribution in [0.3, 0.4) is 0 Å². The van der Waals surface area contributed by atoms with Crippen LogP contribution in [0.15, 0.2) is 42.5 Å². The maximum absolute atomic E-state index is 12.6. The Morgan fingerprint density at radius 1 is 1.04 bits per heavy atom. The van der Waals surface area contributed by atoms with Gasteiger partial charge in [-0.25, -0.2) is 0 Å². The highest BCUT2D eigenvalue weighted by atomic mass is 16.5. The topological polar surface area (TPSA) is 52.6 Å². The lowest BCUT2D eigenvalue weighted by atomic mass is 9.93. The van der Waals surface area contributed by atoms with Crippen molar-refractivity contribution in [3.05, 3.63) is 64.7 Å². The molecule has 0 heterocycles. The van der Waals surface area contributed by atoms with Crippen LogP contribution in [0.5, 0.6) is 5.75 Å². The average Bonchev–Trinajstić information content (AvgIpc) is 2.65. The summed E-state index contributed by atoms with van der Waals surface area (Å²) in [6.45, 7) is 8.80. The first-order valence-electron chi connectivity index (χ1n) is 9.42. The third kappa shape index (κ3) is 5.95. The summed E-state index contributed by atoms with van der Waals surface area (Å²) < 4.78 is 10.9. The molecule has 2 aromatic rings. The number of rotatable bonds is 9. The van der Waals surface area contributed by atoms with E-state index in [-0.39, 0.29) is 37.1 Å². The minimum Gasteiger partial charge on any atom is -0.494 e. The number of esters is 1. The first kappa shape index (κ1) is 20.7. The molecular formula is C23H28O4. The minimum atomic E-state index is -0.361. The monoisotopic (exact) mass is 368 g/mol. The Balaban J connectivity index is 1.98. The molecule has 0 aliphatic rings. The molecule has 0 N–H and O–H groups in total. The van der Waals surface area contributed by atoms with Gasteiger partial charge in [0.1, 0.15) is 12.4 Å². The number of carbonyl (C=O) groups excluding carboxylic acids is 2. The average molecular weight is 368 g/mol. The summed E-state index contributed by atoms with van der Waals surface area (Å²) in [6.07, 6.45) is 0.218. The molecule has 0 atom stereocenters.